The first-order valence-electron chi connectivity index (χ1n) is 6.10. The molecular formula is C14H13NO4. The molecule has 3 rings (SSSR count). The van der Waals surface area contributed by atoms with Gasteiger partial charge in [0, 0.05) is 10.9 Å². The van der Waals surface area contributed by atoms with Gasteiger partial charge < -0.3 is 15.2 Å². The van der Waals surface area contributed by atoms with E-state index in [-0.39, 0.29) is 6.42 Å². The number of benzene rings is 1. The van der Waals surface area contributed by atoms with Crippen LogP contribution in [0.3, 0.4) is 0 Å². The number of aromatic amines is 1. The molecule has 98 valence electrons. The molecule has 3 N–H and O–H groups in total. The summed E-state index contributed by atoms with van der Waals surface area (Å²) in [6.45, 7) is 0. The lowest BCUT2D eigenvalue weighted by Crippen LogP contribution is -2.44. The van der Waals surface area contributed by atoms with E-state index >= 15 is 0 Å². The molecule has 0 saturated heterocycles. The van der Waals surface area contributed by atoms with Crippen LogP contribution in [0.15, 0.2) is 24.3 Å². The summed E-state index contributed by atoms with van der Waals surface area (Å²) in [6.07, 6.45) is 0.0858. The maximum absolute atomic E-state index is 12.3. The molecule has 0 radical (unpaired) electrons. The Morgan fingerprint density at radius 3 is 2.84 bits per heavy atom. The Hall–Kier alpha value is -2.14. The van der Waals surface area contributed by atoms with Crippen LogP contribution >= 0.6 is 0 Å². The predicted molar refractivity (Wildman–Crippen MR) is 68.2 cm³/mol. The fourth-order valence-corrected chi connectivity index (χ4v) is 2.75. The van der Waals surface area contributed by atoms with Crippen LogP contribution in [0.5, 0.6) is 0 Å². The highest BCUT2D eigenvalue weighted by atomic mass is 16.4. The van der Waals surface area contributed by atoms with Gasteiger partial charge in [-0.25, -0.2) is 0 Å². The number of aliphatic carboxylic acids is 1. The minimum absolute atomic E-state index is 0.146. The highest BCUT2D eigenvalue weighted by Gasteiger charge is 2.43. The maximum Gasteiger partial charge on any atom is 0.306 e. The lowest BCUT2D eigenvalue weighted by molar-refractivity contribution is -0.141. The molecule has 0 fully saturated rings. The number of para-hydroxylation sites is 1. The van der Waals surface area contributed by atoms with Gasteiger partial charge in [0.05, 0.1) is 12.1 Å². The van der Waals surface area contributed by atoms with E-state index < -0.39 is 23.8 Å². The molecule has 0 bridgehead atoms. The number of aryl methyl sites for hydroxylation is 1. The molecule has 0 aliphatic heterocycles. The molecule has 5 heteroatoms. The van der Waals surface area contributed by atoms with Crippen molar-refractivity contribution in [2.45, 2.75) is 24.9 Å². The standard InChI is InChI=1S/C14H13NO4/c16-11(17)7-14(19)6-5-9-8-3-1-2-4-10(8)15-12(9)13(14)18/h1-4,15,19H,5-7H2,(H,16,17). The number of carbonyl (C=O) groups is 2. The van der Waals surface area contributed by atoms with Gasteiger partial charge in [-0.1, -0.05) is 18.2 Å². The van der Waals surface area contributed by atoms with Crippen LogP contribution in [0.4, 0.5) is 0 Å². The fourth-order valence-electron chi connectivity index (χ4n) is 2.75. The SMILES string of the molecule is O=C(O)CC1(O)CCc2c([nH]c3ccccc23)C1=O. The topological polar surface area (TPSA) is 90.4 Å². The second-order valence-corrected chi connectivity index (χ2v) is 4.96. The lowest BCUT2D eigenvalue weighted by atomic mass is 9.80. The third-order valence-electron chi connectivity index (χ3n) is 3.70. The van der Waals surface area contributed by atoms with Crippen molar-refractivity contribution in [3.8, 4) is 0 Å². The van der Waals surface area contributed by atoms with Gasteiger partial charge in [-0.2, -0.15) is 0 Å². The zero-order valence-corrected chi connectivity index (χ0v) is 10.1. The Morgan fingerprint density at radius 2 is 2.11 bits per heavy atom. The molecule has 0 spiro atoms. The van der Waals surface area contributed by atoms with Crippen molar-refractivity contribution in [2.75, 3.05) is 0 Å². The van der Waals surface area contributed by atoms with Crippen molar-refractivity contribution in [3.05, 3.63) is 35.5 Å². The van der Waals surface area contributed by atoms with E-state index in [0.717, 1.165) is 16.5 Å². The van der Waals surface area contributed by atoms with Gasteiger partial charge in [-0.3, -0.25) is 9.59 Å². The largest absolute Gasteiger partial charge is 0.481 e. The van der Waals surface area contributed by atoms with Gasteiger partial charge in [-0.05, 0) is 24.5 Å². The molecule has 0 saturated carbocycles. The van der Waals surface area contributed by atoms with Crippen LogP contribution in [0, 0.1) is 0 Å². The van der Waals surface area contributed by atoms with Gasteiger partial charge in [0.15, 0.2) is 0 Å². The number of carbonyl (C=O) groups excluding carboxylic acids is 1. The second-order valence-electron chi connectivity index (χ2n) is 4.96. The van der Waals surface area contributed by atoms with Crippen LogP contribution < -0.4 is 0 Å². The predicted octanol–water partition coefficient (Wildman–Crippen LogP) is 1.50. The highest BCUT2D eigenvalue weighted by molar-refractivity contribution is 6.08. The molecule has 1 heterocycles. The fraction of sp³-hybridized carbons (Fsp3) is 0.286. The van der Waals surface area contributed by atoms with Crippen molar-refractivity contribution in [1.82, 2.24) is 4.98 Å². The van der Waals surface area contributed by atoms with Crippen molar-refractivity contribution in [1.29, 1.82) is 0 Å². The minimum atomic E-state index is -1.79. The van der Waals surface area contributed by atoms with E-state index in [9.17, 15) is 14.7 Å². The number of rotatable bonds is 2. The molecule has 1 atom stereocenters. The van der Waals surface area contributed by atoms with Gasteiger partial charge in [0.2, 0.25) is 5.78 Å². The average molecular weight is 259 g/mol. The molecule has 1 unspecified atom stereocenters. The van der Waals surface area contributed by atoms with Crippen molar-refractivity contribution in [2.24, 2.45) is 0 Å². The maximum atomic E-state index is 12.3. The average Bonchev–Trinajstić information content (AvgIpc) is 2.72. The van der Waals surface area contributed by atoms with Gasteiger partial charge in [-0.15, -0.1) is 0 Å². The minimum Gasteiger partial charge on any atom is -0.481 e. The van der Waals surface area contributed by atoms with E-state index in [1.165, 1.54) is 0 Å². The zero-order chi connectivity index (χ0) is 13.6. The molecule has 1 aliphatic carbocycles. The number of aliphatic hydroxyl groups is 1. The number of hydrogen-bond donors (Lipinski definition) is 3. The normalized spacial score (nSPS) is 22.5. The summed E-state index contributed by atoms with van der Waals surface area (Å²) in [5.74, 6) is -1.69. The first-order chi connectivity index (χ1) is 9.01. The number of H-pyrrole nitrogens is 1. The molecule has 19 heavy (non-hydrogen) atoms. The molecule has 2 aromatic rings. The Morgan fingerprint density at radius 1 is 1.37 bits per heavy atom. The third kappa shape index (κ3) is 1.74. The zero-order valence-electron chi connectivity index (χ0n) is 10.1. The highest BCUT2D eigenvalue weighted by Crippen LogP contribution is 2.35. The first kappa shape index (κ1) is 11.9. The smallest absolute Gasteiger partial charge is 0.306 e. The summed E-state index contributed by atoms with van der Waals surface area (Å²) in [6, 6.07) is 7.52. The lowest BCUT2D eigenvalue weighted by Gasteiger charge is -2.28. The molecule has 1 aromatic carbocycles. The van der Waals surface area contributed by atoms with E-state index in [1.54, 1.807) is 0 Å². The molecule has 5 nitrogen and oxygen atoms in total. The Balaban J connectivity index is 2.11. The van der Waals surface area contributed by atoms with E-state index in [4.69, 9.17) is 5.11 Å². The number of ketones is 1. The summed E-state index contributed by atoms with van der Waals surface area (Å²) in [7, 11) is 0. The van der Waals surface area contributed by atoms with Crippen LogP contribution in [0.2, 0.25) is 0 Å². The monoisotopic (exact) mass is 259 g/mol. The van der Waals surface area contributed by atoms with Crippen molar-refractivity contribution in [3.63, 3.8) is 0 Å². The number of nitrogens with one attached hydrogen (secondary N) is 1. The van der Waals surface area contributed by atoms with Crippen LogP contribution in [-0.2, 0) is 11.2 Å². The number of carboxylic acid groups (broad SMARTS) is 1. The first-order valence-corrected chi connectivity index (χ1v) is 6.10. The Bertz CT molecular complexity index is 688. The number of Topliss-reactive ketones (excluding diaryl/α,β-unsaturated/α-hetero) is 1. The Labute approximate surface area is 108 Å². The summed E-state index contributed by atoms with van der Waals surface area (Å²) in [5.41, 5.74) is 0.256. The van der Waals surface area contributed by atoms with E-state index in [0.29, 0.717) is 12.1 Å². The van der Waals surface area contributed by atoms with Crippen molar-refractivity contribution >= 4 is 22.7 Å². The summed E-state index contributed by atoms with van der Waals surface area (Å²) >= 11 is 0. The summed E-state index contributed by atoms with van der Waals surface area (Å²) in [4.78, 5) is 26.1. The third-order valence-corrected chi connectivity index (χ3v) is 3.70. The molecular weight excluding hydrogens is 246 g/mol. The molecule has 0 amide bonds. The van der Waals surface area contributed by atoms with Crippen LogP contribution in [0.25, 0.3) is 10.9 Å². The number of aromatic nitrogens is 1. The van der Waals surface area contributed by atoms with E-state index in [1.807, 2.05) is 24.3 Å². The van der Waals surface area contributed by atoms with Crippen LogP contribution in [-0.4, -0.2) is 32.6 Å². The van der Waals surface area contributed by atoms with Gasteiger partial charge in [0.25, 0.3) is 0 Å². The molecule has 1 aliphatic rings. The number of fused-ring (bicyclic) bond motifs is 3. The Kier molecular flexibility index (Phi) is 2.46. The molecule has 1 aromatic heterocycles. The van der Waals surface area contributed by atoms with Gasteiger partial charge >= 0.3 is 5.97 Å². The van der Waals surface area contributed by atoms with Crippen LogP contribution in [0.1, 0.15) is 28.9 Å². The van der Waals surface area contributed by atoms with E-state index in [2.05, 4.69) is 4.98 Å². The number of hydrogen-bond acceptors (Lipinski definition) is 3. The van der Waals surface area contributed by atoms with Gasteiger partial charge in [0.1, 0.15) is 5.60 Å². The quantitative estimate of drug-likeness (QED) is 0.762. The van der Waals surface area contributed by atoms with Crippen molar-refractivity contribution < 1.29 is 19.8 Å². The number of carboxylic acids is 1. The summed E-state index contributed by atoms with van der Waals surface area (Å²) in [5, 5.41) is 20.0. The second kappa shape index (κ2) is 3.93. The summed E-state index contributed by atoms with van der Waals surface area (Å²) < 4.78 is 0.